The monoisotopic (exact) mass is 253 g/mol. The number of likely N-dealkylation sites (N-methyl/N-ethyl adjacent to an activating group) is 2. The molecule has 1 aliphatic heterocycles. The number of halogens is 1. The van der Waals surface area contributed by atoms with Crippen LogP contribution in [0.15, 0.2) is 18.5 Å². The summed E-state index contributed by atoms with van der Waals surface area (Å²) in [6.45, 7) is 2.26. The molecule has 0 N–H and O–H groups in total. The van der Waals surface area contributed by atoms with Crippen molar-refractivity contribution in [3.63, 3.8) is 0 Å². The normalized spacial score (nSPS) is 20.8. The Morgan fingerprint density at radius 1 is 1.59 bits per heavy atom. The smallest absolute Gasteiger partial charge is 0.0595 e. The van der Waals surface area contributed by atoms with E-state index in [4.69, 9.17) is 11.6 Å². The van der Waals surface area contributed by atoms with Crippen molar-refractivity contribution in [1.82, 2.24) is 9.88 Å². The highest BCUT2D eigenvalue weighted by Gasteiger charge is 2.22. The van der Waals surface area contributed by atoms with Crippen LogP contribution in [0, 0.1) is 0 Å². The van der Waals surface area contributed by atoms with Gasteiger partial charge in [-0.2, -0.15) is 0 Å². The van der Waals surface area contributed by atoms with E-state index in [0.29, 0.717) is 11.9 Å². The number of alkyl halides is 1. The van der Waals surface area contributed by atoms with Gasteiger partial charge in [-0.1, -0.05) is 0 Å². The molecule has 0 aliphatic carbocycles. The molecule has 0 spiro atoms. The van der Waals surface area contributed by atoms with Crippen LogP contribution in [0.4, 0.5) is 5.69 Å². The minimum absolute atomic E-state index is 0.544. The van der Waals surface area contributed by atoms with E-state index in [1.54, 1.807) is 6.20 Å². The van der Waals surface area contributed by atoms with Gasteiger partial charge in [0.15, 0.2) is 0 Å². The number of pyridine rings is 1. The first-order valence-corrected chi connectivity index (χ1v) is 6.66. The molecule has 0 bridgehead atoms. The number of likely N-dealkylation sites (tertiary alicyclic amines) is 1. The second kappa shape index (κ2) is 5.69. The van der Waals surface area contributed by atoms with Gasteiger partial charge in [-0.3, -0.25) is 4.98 Å². The van der Waals surface area contributed by atoms with Crippen molar-refractivity contribution in [2.45, 2.75) is 24.8 Å². The zero-order chi connectivity index (χ0) is 12.3. The van der Waals surface area contributed by atoms with Crippen molar-refractivity contribution in [2.24, 2.45) is 0 Å². The van der Waals surface area contributed by atoms with Crippen LogP contribution in [0.2, 0.25) is 0 Å². The maximum absolute atomic E-state index is 5.96. The Morgan fingerprint density at radius 2 is 2.41 bits per heavy atom. The van der Waals surface area contributed by atoms with Crippen LogP contribution in [0.5, 0.6) is 0 Å². The summed E-state index contributed by atoms with van der Waals surface area (Å²) in [6, 6.07) is 2.65. The van der Waals surface area contributed by atoms with E-state index in [0.717, 1.165) is 17.8 Å². The van der Waals surface area contributed by atoms with E-state index in [1.165, 1.54) is 19.4 Å². The first kappa shape index (κ1) is 12.7. The molecule has 1 fully saturated rings. The minimum atomic E-state index is 0.544. The highest BCUT2D eigenvalue weighted by Crippen LogP contribution is 2.22. The van der Waals surface area contributed by atoms with Crippen LogP contribution < -0.4 is 4.90 Å². The van der Waals surface area contributed by atoms with Gasteiger partial charge in [-0.15, -0.1) is 11.6 Å². The van der Waals surface area contributed by atoms with Crippen LogP contribution >= 0.6 is 11.6 Å². The lowest BCUT2D eigenvalue weighted by Crippen LogP contribution is -2.37. The molecule has 17 heavy (non-hydrogen) atoms. The Labute approximate surface area is 108 Å². The van der Waals surface area contributed by atoms with Crippen LogP contribution in [-0.4, -0.2) is 43.1 Å². The van der Waals surface area contributed by atoms with Crippen molar-refractivity contribution in [2.75, 3.05) is 32.1 Å². The van der Waals surface area contributed by atoms with Gasteiger partial charge in [0.2, 0.25) is 0 Å². The predicted octanol–water partition coefficient (Wildman–Crippen LogP) is 2.35. The lowest BCUT2D eigenvalue weighted by Gasteiger charge is -2.28. The third kappa shape index (κ3) is 2.90. The maximum Gasteiger partial charge on any atom is 0.0595 e. The molecule has 3 nitrogen and oxygen atoms in total. The molecule has 1 unspecified atom stereocenters. The lowest BCUT2D eigenvalue weighted by molar-refractivity contribution is 0.314. The Hall–Kier alpha value is -0.800. The fourth-order valence-corrected chi connectivity index (χ4v) is 2.72. The van der Waals surface area contributed by atoms with Crippen molar-refractivity contribution in [1.29, 1.82) is 0 Å². The molecule has 2 heterocycles. The predicted molar refractivity (Wildman–Crippen MR) is 72.7 cm³/mol. The molecule has 0 aromatic carbocycles. The number of aromatic nitrogens is 1. The number of hydrogen-bond acceptors (Lipinski definition) is 3. The summed E-state index contributed by atoms with van der Waals surface area (Å²) in [6.07, 6.45) is 6.31. The van der Waals surface area contributed by atoms with Crippen molar-refractivity contribution >= 4 is 17.3 Å². The maximum atomic E-state index is 5.96. The van der Waals surface area contributed by atoms with Crippen LogP contribution in [0.25, 0.3) is 0 Å². The molecule has 0 saturated carbocycles. The van der Waals surface area contributed by atoms with E-state index < -0.39 is 0 Å². The minimum Gasteiger partial charge on any atom is -0.372 e. The van der Waals surface area contributed by atoms with Crippen LogP contribution in [0.3, 0.4) is 0 Å². The zero-order valence-corrected chi connectivity index (χ0v) is 11.3. The van der Waals surface area contributed by atoms with Gasteiger partial charge in [0.1, 0.15) is 0 Å². The summed E-state index contributed by atoms with van der Waals surface area (Å²) in [5, 5.41) is 0. The average Bonchev–Trinajstić information content (AvgIpc) is 2.75. The number of hydrogen-bond donors (Lipinski definition) is 0. The third-order valence-electron chi connectivity index (χ3n) is 3.60. The van der Waals surface area contributed by atoms with Crippen molar-refractivity contribution < 1.29 is 0 Å². The van der Waals surface area contributed by atoms with Gasteiger partial charge in [0.25, 0.3) is 0 Å². The zero-order valence-electron chi connectivity index (χ0n) is 10.6. The van der Waals surface area contributed by atoms with Crippen LogP contribution in [0.1, 0.15) is 18.4 Å². The molecule has 1 saturated heterocycles. The second-order valence-corrected chi connectivity index (χ2v) is 5.06. The Kier molecular flexibility index (Phi) is 4.24. The first-order chi connectivity index (χ1) is 8.22. The molecule has 1 aliphatic rings. The summed E-state index contributed by atoms with van der Waals surface area (Å²) >= 11 is 5.96. The largest absolute Gasteiger partial charge is 0.372 e. The van der Waals surface area contributed by atoms with Gasteiger partial charge in [-0.25, -0.2) is 0 Å². The van der Waals surface area contributed by atoms with E-state index in [1.807, 2.05) is 12.3 Å². The fourth-order valence-electron chi connectivity index (χ4n) is 2.50. The van der Waals surface area contributed by atoms with E-state index >= 15 is 0 Å². The molecule has 1 aromatic heterocycles. The number of anilines is 1. The Balaban J connectivity index is 2.06. The molecule has 4 heteroatoms. The molecule has 94 valence electrons. The molecule has 2 rings (SSSR count). The molecule has 0 radical (unpaired) electrons. The molecular weight excluding hydrogens is 234 g/mol. The standard InChI is InChI=1S/C13H20ClN3/c1-16-7-3-4-12(16)10-17(2)13-9-15-6-5-11(13)8-14/h5-6,9,12H,3-4,7-8,10H2,1-2H3. The fraction of sp³-hybridized carbons (Fsp3) is 0.615. The quantitative estimate of drug-likeness (QED) is 0.768. The lowest BCUT2D eigenvalue weighted by atomic mass is 10.2. The van der Waals surface area contributed by atoms with E-state index in [9.17, 15) is 0 Å². The van der Waals surface area contributed by atoms with E-state index in [2.05, 4.69) is 28.9 Å². The highest BCUT2D eigenvalue weighted by atomic mass is 35.5. The average molecular weight is 254 g/mol. The molecule has 0 amide bonds. The van der Waals surface area contributed by atoms with Crippen molar-refractivity contribution in [3.8, 4) is 0 Å². The second-order valence-electron chi connectivity index (χ2n) is 4.80. The van der Waals surface area contributed by atoms with Gasteiger partial charge >= 0.3 is 0 Å². The molecular formula is C13H20ClN3. The summed E-state index contributed by atoms with van der Waals surface area (Å²) in [4.78, 5) is 8.91. The highest BCUT2D eigenvalue weighted by molar-refractivity contribution is 6.17. The number of nitrogens with zero attached hydrogens (tertiary/aromatic N) is 3. The summed E-state index contributed by atoms with van der Waals surface area (Å²) in [5.41, 5.74) is 2.31. The van der Waals surface area contributed by atoms with Gasteiger partial charge in [0.05, 0.1) is 11.9 Å². The third-order valence-corrected chi connectivity index (χ3v) is 3.89. The topological polar surface area (TPSA) is 19.4 Å². The SMILES string of the molecule is CN(CC1CCCN1C)c1cnccc1CCl. The summed E-state index contributed by atoms with van der Waals surface area (Å²) in [7, 11) is 4.33. The summed E-state index contributed by atoms with van der Waals surface area (Å²) in [5.74, 6) is 0.544. The van der Waals surface area contributed by atoms with E-state index in [-0.39, 0.29) is 0 Å². The molecule has 1 aromatic rings. The van der Waals surface area contributed by atoms with Crippen LogP contribution in [-0.2, 0) is 5.88 Å². The first-order valence-electron chi connectivity index (χ1n) is 6.12. The van der Waals surface area contributed by atoms with Gasteiger partial charge in [0, 0.05) is 31.7 Å². The Bertz CT molecular complexity index is 369. The Morgan fingerprint density at radius 3 is 3.06 bits per heavy atom. The number of rotatable bonds is 4. The van der Waals surface area contributed by atoms with Gasteiger partial charge in [-0.05, 0) is 38.1 Å². The van der Waals surface area contributed by atoms with Crippen molar-refractivity contribution in [3.05, 3.63) is 24.0 Å². The summed E-state index contributed by atoms with van der Waals surface area (Å²) < 4.78 is 0. The van der Waals surface area contributed by atoms with Gasteiger partial charge < -0.3 is 9.80 Å². The molecule has 1 atom stereocenters.